The Morgan fingerprint density at radius 2 is 1.91 bits per heavy atom. The van der Waals surface area contributed by atoms with Gasteiger partial charge in [-0.25, -0.2) is 9.50 Å². The van der Waals surface area contributed by atoms with Crippen molar-refractivity contribution in [2.75, 3.05) is 7.11 Å². The first kappa shape index (κ1) is 14.8. The van der Waals surface area contributed by atoms with Gasteiger partial charge in [-0.1, -0.05) is 0 Å². The molecule has 0 saturated heterocycles. The number of benzene rings is 1. The zero-order chi connectivity index (χ0) is 16.6. The van der Waals surface area contributed by atoms with E-state index in [0.717, 1.165) is 12.3 Å². The van der Waals surface area contributed by atoms with Gasteiger partial charge in [0.1, 0.15) is 17.4 Å². The molecule has 0 spiro atoms. The van der Waals surface area contributed by atoms with Crippen molar-refractivity contribution in [3.63, 3.8) is 0 Å². The van der Waals surface area contributed by atoms with Crippen LogP contribution < -0.4 is 4.74 Å². The standard InChI is InChI=1S/C15H9F3N4O/c1-23-11-4-2-9(3-5-11)12-6-13(15(16,17)18)22-14(21-12)10(7-19)8-20-22/h2-6,8H,1H3. The number of fused-ring (bicyclic) bond motifs is 1. The second-order valence-corrected chi connectivity index (χ2v) is 4.66. The second-order valence-electron chi connectivity index (χ2n) is 4.66. The highest BCUT2D eigenvalue weighted by Crippen LogP contribution is 2.32. The summed E-state index contributed by atoms with van der Waals surface area (Å²) in [6, 6.07) is 9.14. The Hall–Kier alpha value is -3.08. The summed E-state index contributed by atoms with van der Waals surface area (Å²) in [6.07, 6.45) is -3.56. The van der Waals surface area contributed by atoms with Gasteiger partial charge in [0, 0.05) is 5.56 Å². The van der Waals surface area contributed by atoms with E-state index in [9.17, 15) is 13.2 Å². The topological polar surface area (TPSA) is 63.2 Å². The van der Waals surface area contributed by atoms with Crippen LogP contribution in [0.4, 0.5) is 13.2 Å². The van der Waals surface area contributed by atoms with Gasteiger partial charge in [0.25, 0.3) is 0 Å². The fraction of sp³-hybridized carbons (Fsp3) is 0.133. The summed E-state index contributed by atoms with van der Waals surface area (Å²) >= 11 is 0. The molecule has 5 nitrogen and oxygen atoms in total. The van der Waals surface area contributed by atoms with Crippen LogP contribution in [0, 0.1) is 11.3 Å². The van der Waals surface area contributed by atoms with Crippen molar-refractivity contribution in [2.45, 2.75) is 6.18 Å². The van der Waals surface area contributed by atoms with Gasteiger partial charge in [0.05, 0.1) is 19.0 Å². The highest BCUT2D eigenvalue weighted by Gasteiger charge is 2.35. The molecule has 2 heterocycles. The molecule has 0 bridgehead atoms. The van der Waals surface area contributed by atoms with E-state index in [0.29, 0.717) is 15.8 Å². The summed E-state index contributed by atoms with van der Waals surface area (Å²) in [7, 11) is 1.49. The Bertz CT molecular complexity index is 907. The Morgan fingerprint density at radius 1 is 1.22 bits per heavy atom. The summed E-state index contributed by atoms with van der Waals surface area (Å²) < 4.78 is 45.4. The predicted molar refractivity (Wildman–Crippen MR) is 74.7 cm³/mol. The van der Waals surface area contributed by atoms with E-state index in [4.69, 9.17) is 10.00 Å². The van der Waals surface area contributed by atoms with Gasteiger partial charge in [0.15, 0.2) is 11.3 Å². The van der Waals surface area contributed by atoms with Crippen molar-refractivity contribution in [3.05, 3.63) is 47.8 Å². The number of methoxy groups -OCH3 is 1. The molecule has 0 saturated carbocycles. The minimum Gasteiger partial charge on any atom is -0.497 e. The van der Waals surface area contributed by atoms with Crippen LogP contribution in [-0.4, -0.2) is 21.7 Å². The molecule has 0 radical (unpaired) electrons. The van der Waals surface area contributed by atoms with Crippen LogP contribution in [0.5, 0.6) is 5.75 Å². The minimum atomic E-state index is -4.62. The molecule has 0 aliphatic rings. The number of rotatable bonds is 2. The van der Waals surface area contributed by atoms with Gasteiger partial charge < -0.3 is 4.74 Å². The van der Waals surface area contributed by atoms with Crippen molar-refractivity contribution in [1.29, 1.82) is 5.26 Å². The number of nitriles is 1. The molecule has 23 heavy (non-hydrogen) atoms. The van der Waals surface area contributed by atoms with E-state index >= 15 is 0 Å². The summed E-state index contributed by atoms with van der Waals surface area (Å²) in [6.45, 7) is 0. The van der Waals surface area contributed by atoms with Crippen LogP contribution in [0.1, 0.15) is 11.3 Å². The summed E-state index contributed by atoms with van der Waals surface area (Å²) in [4.78, 5) is 4.14. The maximum Gasteiger partial charge on any atom is 0.433 e. The van der Waals surface area contributed by atoms with Gasteiger partial charge in [-0.3, -0.25) is 0 Å². The molecule has 2 aromatic heterocycles. The van der Waals surface area contributed by atoms with Crippen LogP contribution in [0.15, 0.2) is 36.5 Å². The number of nitrogens with zero attached hydrogens (tertiary/aromatic N) is 4. The summed E-state index contributed by atoms with van der Waals surface area (Å²) in [5.41, 5.74) is -0.567. The average molecular weight is 318 g/mol. The lowest BCUT2D eigenvalue weighted by atomic mass is 10.1. The van der Waals surface area contributed by atoms with Crippen LogP contribution in [0.25, 0.3) is 16.9 Å². The summed E-state index contributed by atoms with van der Waals surface area (Å²) in [5, 5.41) is 12.6. The molecule has 8 heteroatoms. The third-order valence-electron chi connectivity index (χ3n) is 3.27. The fourth-order valence-electron chi connectivity index (χ4n) is 2.15. The molecule has 116 valence electrons. The van der Waals surface area contributed by atoms with Crippen molar-refractivity contribution < 1.29 is 17.9 Å². The smallest absolute Gasteiger partial charge is 0.433 e. The predicted octanol–water partition coefficient (Wildman–Crippen LogP) is 3.30. The van der Waals surface area contributed by atoms with Crippen LogP contribution in [0.3, 0.4) is 0 Å². The van der Waals surface area contributed by atoms with Gasteiger partial charge in [0.2, 0.25) is 0 Å². The Morgan fingerprint density at radius 3 is 2.48 bits per heavy atom. The zero-order valence-corrected chi connectivity index (χ0v) is 11.8. The monoisotopic (exact) mass is 318 g/mol. The van der Waals surface area contributed by atoms with E-state index in [1.165, 1.54) is 7.11 Å². The normalized spacial score (nSPS) is 11.4. The molecule has 3 aromatic rings. The van der Waals surface area contributed by atoms with Gasteiger partial charge in [-0.05, 0) is 30.3 Å². The first-order valence-electron chi connectivity index (χ1n) is 6.44. The number of hydrogen-bond acceptors (Lipinski definition) is 4. The molecule has 0 fully saturated rings. The van der Waals surface area contributed by atoms with Gasteiger partial charge in [-0.2, -0.15) is 23.5 Å². The van der Waals surface area contributed by atoms with E-state index in [-0.39, 0.29) is 16.9 Å². The first-order valence-corrected chi connectivity index (χ1v) is 6.44. The molecule has 0 aliphatic carbocycles. The summed E-state index contributed by atoms with van der Waals surface area (Å²) in [5.74, 6) is 0.577. The van der Waals surface area contributed by atoms with Gasteiger partial charge >= 0.3 is 6.18 Å². The van der Waals surface area contributed by atoms with Crippen molar-refractivity contribution >= 4 is 5.65 Å². The van der Waals surface area contributed by atoms with Gasteiger partial charge in [-0.15, -0.1) is 0 Å². The lowest BCUT2D eigenvalue weighted by Crippen LogP contribution is -2.13. The maximum atomic E-state index is 13.3. The lowest BCUT2D eigenvalue weighted by molar-refractivity contribution is -0.142. The highest BCUT2D eigenvalue weighted by molar-refractivity contribution is 5.66. The molecule has 1 aromatic carbocycles. The molecule has 0 atom stereocenters. The van der Waals surface area contributed by atoms with E-state index in [1.807, 2.05) is 0 Å². The molecule has 3 rings (SSSR count). The Labute approximate surface area is 128 Å². The fourth-order valence-corrected chi connectivity index (χ4v) is 2.15. The first-order chi connectivity index (χ1) is 10.9. The number of aromatic nitrogens is 3. The zero-order valence-electron chi connectivity index (χ0n) is 11.8. The SMILES string of the molecule is COc1ccc(-c2cc(C(F)(F)F)n3ncc(C#N)c3n2)cc1. The highest BCUT2D eigenvalue weighted by atomic mass is 19.4. The van der Waals surface area contributed by atoms with Crippen LogP contribution in [-0.2, 0) is 6.18 Å². The third-order valence-corrected chi connectivity index (χ3v) is 3.27. The van der Waals surface area contributed by atoms with Crippen LogP contribution >= 0.6 is 0 Å². The molecule has 0 amide bonds. The minimum absolute atomic E-state index is 0.0224. The largest absolute Gasteiger partial charge is 0.497 e. The molecular formula is C15H9F3N4O. The Kier molecular flexibility index (Phi) is 3.41. The number of hydrogen-bond donors (Lipinski definition) is 0. The van der Waals surface area contributed by atoms with Crippen molar-refractivity contribution in [3.8, 4) is 23.1 Å². The number of ether oxygens (including phenoxy) is 1. The van der Waals surface area contributed by atoms with Crippen molar-refractivity contribution in [1.82, 2.24) is 14.6 Å². The molecule has 0 aliphatic heterocycles. The average Bonchev–Trinajstić information content (AvgIpc) is 2.96. The van der Waals surface area contributed by atoms with E-state index in [2.05, 4.69) is 10.1 Å². The van der Waals surface area contributed by atoms with E-state index in [1.54, 1.807) is 30.3 Å². The maximum absolute atomic E-state index is 13.3. The van der Waals surface area contributed by atoms with E-state index < -0.39 is 11.9 Å². The third kappa shape index (κ3) is 2.57. The quantitative estimate of drug-likeness (QED) is 0.727. The van der Waals surface area contributed by atoms with Crippen LogP contribution in [0.2, 0.25) is 0 Å². The second kappa shape index (κ2) is 5.28. The molecular weight excluding hydrogens is 309 g/mol. The molecule has 0 unspecified atom stereocenters. The lowest BCUT2D eigenvalue weighted by Gasteiger charge is -2.11. The van der Waals surface area contributed by atoms with Crippen molar-refractivity contribution in [2.24, 2.45) is 0 Å². The molecule has 0 N–H and O–H groups in total. The number of alkyl halides is 3. The Balaban J connectivity index is 2.26. The number of halogens is 3.